The van der Waals surface area contributed by atoms with Gasteiger partial charge in [-0.05, 0) is 35.4 Å². The van der Waals surface area contributed by atoms with Crippen molar-refractivity contribution in [2.75, 3.05) is 7.11 Å². The molecule has 31 heavy (non-hydrogen) atoms. The number of hydrogen-bond donors (Lipinski definition) is 2. The molecule has 0 spiro atoms. The van der Waals surface area contributed by atoms with E-state index in [1.807, 2.05) is 48.5 Å². The number of H-pyrrole nitrogens is 1. The van der Waals surface area contributed by atoms with Crippen LogP contribution in [-0.4, -0.2) is 28.4 Å². The summed E-state index contributed by atoms with van der Waals surface area (Å²) in [5.41, 5.74) is 9.68. The second-order valence-electron chi connectivity index (χ2n) is 6.97. The highest BCUT2D eigenvalue weighted by Gasteiger charge is 2.17. The molecule has 0 aliphatic carbocycles. The standard InChI is InChI=1S/C24H22N4O3/c1-30-20-12-11-18(22-23(24(25)29)27-28-26-22)14-19(20)15-31-21-10-6-5-9-17(21)13-16-7-3-2-4-8-16/h2-12,14H,13,15H2,1H3,(H2,25,29)(H,26,27,28). The van der Waals surface area contributed by atoms with Crippen molar-refractivity contribution in [3.63, 3.8) is 0 Å². The number of benzene rings is 3. The highest BCUT2D eigenvalue weighted by molar-refractivity contribution is 5.96. The lowest BCUT2D eigenvalue weighted by molar-refractivity contribution is 0.0996. The van der Waals surface area contributed by atoms with Gasteiger partial charge in [-0.25, -0.2) is 0 Å². The Hall–Kier alpha value is -4.13. The Morgan fingerprint density at radius 1 is 0.935 bits per heavy atom. The van der Waals surface area contributed by atoms with E-state index in [9.17, 15) is 4.79 Å². The lowest BCUT2D eigenvalue weighted by Crippen LogP contribution is -2.12. The number of aromatic amines is 1. The summed E-state index contributed by atoms with van der Waals surface area (Å²) in [6.45, 7) is 0.284. The number of aromatic nitrogens is 3. The molecule has 0 unspecified atom stereocenters. The molecule has 0 aliphatic rings. The van der Waals surface area contributed by atoms with Crippen molar-refractivity contribution in [3.8, 4) is 22.8 Å². The summed E-state index contributed by atoms with van der Waals surface area (Å²) in [5, 5.41) is 10.4. The Labute approximate surface area is 179 Å². The molecule has 0 atom stereocenters. The fourth-order valence-corrected chi connectivity index (χ4v) is 3.40. The summed E-state index contributed by atoms with van der Waals surface area (Å²) in [6, 6.07) is 23.7. The van der Waals surface area contributed by atoms with Crippen LogP contribution in [0.4, 0.5) is 0 Å². The van der Waals surface area contributed by atoms with Gasteiger partial charge in [0, 0.05) is 17.5 Å². The third kappa shape index (κ3) is 4.56. The van der Waals surface area contributed by atoms with Gasteiger partial charge in [-0.1, -0.05) is 48.5 Å². The van der Waals surface area contributed by atoms with E-state index in [0.29, 0.717) is 17.0 Å². The van der Waals surface area contributed by atoms with Crippen molar-refractivity contribution in [2.24, 2.45) is 5.73 Å². The van der Waals surface area contributed by atoms with Gasteiger partial charge < -0.3 is 15.2 Å². The van der Waals surface area contributed by atoms with Gasteiger partial charge in [0.2, 0.25) is 0 Å². The summed E-state index contributed by atoms with van der Waals surface area (Å²) in [7, 11) is 1.60. The minimum Gasteiger partial charge on any atom is -0.496 e. The second-order valence-corrected chi connectivity index (χ2v) is 6.97. The second kappa shape index (κ2) is 9.13. The molecule has 4 aromatic rings. The van der Waals surface area contributed by atoms with Crippen LogP contribution in [0.2, 0.25) is 0 Å². The lowest BCUT2D eigenvalue weighted by atomic mass is 10.0. The van der Waals surface area contributed by atoms with Crippen LogP contribution in [-0.2, 0) is 13.0 Å². The van der Waals surface area contributed by atoms with Gasteiger partial charge in [0.05, 0.1) is 7.11 Å². The predicted molar refractivity (Wildman–Crippen MR) is 117 cm³/mol. The Kier molecular flexibility index (Phi) is 5.93. The summed E-state index contributed by atoms with van der Waals surface area (Å²) < 4.78 is 11.7. The fraction of sp³-hybridized carbons (Fsp3) is 0.125. The number of para-hydroxylation sites is 1. The molecule has 156 valence electrons. The molecule has 7 heteroatoms. The Balaban J connectivity index is 1.59. The first-order chi connectivity index (χ1) is 15.2. The molecule has 0 aliphatic heterocycles. The molecular formula is C24H22N4O3. The van der Waals surface area contributed by atoms with Crippen molar-refractivity contribution in [3.05, 3.63) is 95.2 Å². The highest BCUT2D eigenvalue weighted by atomic mass is 16.5. The number of rotatable bonds is 8. The van der Waals surface area contributed by atoms with E-state index in [-0.39, 0.29) is 12.3 Å². The minimum absolute atomic E-state index is 0.0882. The number of ether oxygens (including phenoxy) is 2. The van der Waals surface area contributed by atoms with Crippen LogP contribution in [0.15, 0.2) is 72.8 Å². The monoisotopic (exact) mass is 414 g/mol. The quantitative estimate of drug-likeness (QED) is 0.457. The molecule has 3 N–H and O–H groups in total. The summed E-state index contributed by atoms with van der Waals surface area (Å²) in [4.78, 5) is 11.6. The normalized spacial score (nSPS) is 10.6. The van der Waals surface area contributed by atoms with Crippen LogP contribution in [0.5, 0.6) is 11.5 Å². The van der Waals surface area contributed by atoms with E-state index in [1.54, 1.807) is 13.2 Å². The zero-order valence-electron chi connectivity index (χ0n) is 17.0. The molecule has 1 heterocycles. The summed E-state index contributed by atoms with van der Waals surface area (Å²) in [6.07, 6.45) is 0.773. The summed E-state index contributed by atoms with van der Waals surface area (Å²) in [5.74, 6) is 0.832. The number of methoxy groups -OCH3 is 1. The summed E-state index contributed by atoms with van der Waals surface area (Å²) >= 11 is 0. The van der Waals surface area contributed by atoms with Crippen molar-refractivity contribution in [1.82, 2.24) is 15.4 Å². The molecule has 4 rings (SSSR count). The first-order valence-electron chi connectivity index (χ1n) is 9.78. The molecule has 1 aromatic heterocycles. The van der Waals surface area contributed by atoms with Gasteiger partial charge in [-0.15, -0.1) is 0 Å². The van der Waals surface area contributed by atoms with E-state index >= 15 is 0 Å². The van der Waals surface area contributed by atoms with Gasteiger partial charge in [-0.2, -0.15) is 15.4 Å². The van der Waals surface area contributed by atoms with Crippen LogP contribution < -0.4 is 15.2 Å². The maximum absolute atomic E-state index is 11.6. The SMILES string of the molecule is COc1ccc(-c2n[nH]nc2C(N)=O)cc1COc1ccccc1Cc1ccccc1. The molecule has 7 nitrogen and oxygen atoms in total. The maximum Gasteiger partial charge on any atom is 0.271 e. The maximum atomic E-state index is 11.6. The number of carbonyl (C=O) groups is 1. The van der Waals surface area contributed by atoms with Crippen LogP contribution in [0.1, 0.15) is 27.2 Å². The minimum atomic E-state index is -0.646. The topological polar surface area (TPSA) is 103 Å². The molecule has 0 fully saturated rings. The first kappa shape index (κ1) is 20.2. The van der Waals surface area contributed by atoms with Gasteiger partial charge in [0.1, 0.15) is 23.8 Å². The van der Waals surface area contributed by atoms with Crippen LogP contribution >= 0.6 is 0 Å². The molecule has 0 bridgehead atoms. The van der Waals surface area contributed by atoms with E-state index in [0.717, 1.165) is 23.3 Å². The Bertz CT molecular complexity index is 1190. The Morgan fingerprint density at radius 2 is 1.71 bits per heavy atom. The number of nitrogens with one attached hydrogen (secondary N) is 1. The first-order valence-corrected chi connectivity index (χ1v) is 9.78. The number of primary amides is 1. The number of carbonyl (C=O) groups excluding carboxylic acids is 1. The predicted octanol–water partition coefficient (Wildman–Crippen LogP) is 3.75. The van der Waals surface area contributed by atoms with E-state index < -0.39 is 5.91 Å². The van der Waals surface area contributed by atoms with Gasteiger partial charge in [-0.3, -0.25) is 4.79 Å². The number of amides is 1. The van der Waals surface area contributed by atoms with Crippen molar-refractivity contribution in [1.29, 1.82) is 0 Å². The Morgan fingerprint density at radius 3 is 2.48 bits per heavy atom. The van der Waals surface area contributed by atoms with Crippen molar-refractivity contribution < 1.29 is 14.3 Å². The molecule has 3 aromatic carbocycles. The number of nitrogens with zero attached hydrogens (tertiary/aromatic N) is 2. The third-order valence-corrected chi connectivity index (χ3v) is 4.93. The highest BCUT2D eigenvalue weighted by Crippen LogP contribution is 2.29. The van der Waals surface area contributed by atoms with E-state index in [1.165, 1.54) is 5.56 Å². The zero-order valence-corrected chi connectivity index (χ0v) is 17.0. The molecule has 0 radical (unpaired) electrons. The van der Waals surface area contributed by atoms with Gasteiger partial charge in [0.15, 0.2) is 5.69 Å². The molecular weight excluding hydrogens is 392 g/mol. The largest absolute Gasteiger partial charge is 0.496 e. The molecule has 1 amide bonds. The van der Waals surface area contributed by atoms with Crippen molar-refractivity contribution in [2.45, 2.75) is 13.0 Å². The van der Waals surface area contributed by atoms with Crippen molar-refractivity contribution >= 4 is 5.91 Å². The van der Waals surface area contributed by atoms with E-state index in [2.05, 4.69) is 33.6 Å². The average Bonchev–Trinajstić information content (AvgIpc) is 3.29. The zero-order chi connectivity index (χ0) is 21.6. The number of nitrogens with two attached hydrogens (primary N) is 1. The van der Waals surface area contributed by atoms with E-state index in [4.69, 9.17) is 15.2 Å². The average molecular weight is 414 g/mol. The van der Waals surface area contributed by atoms with Crippen LogP contribution in [0.25, 0.3) is 11.3 Å². The van der Waals surface area contributed by atoms with Gasteiger partial charge in [0.25, 0.3) is 5.91 Å². The fourth-order valence-electron chi connectivity index (χ4n) is 3.40. The van der Waals surface area contributed by atoms with Crippen LogP contribution in [0.3, 0.4) is 0 Å². The molecule has 0 saturated carbocycles. The van der Waals surface area contributed by atoms with Crippen LogP contribution in [0, 0.1) is 0 Å². The lowest BCUT2D eigenvalue weighted by Gasteiger charge is -2.14. The van der Waals surface area contributed by atoms with Gasteiger partial charge >= 0.3 is 0 Å². The third-order valence-electron chi connectivity index (χ3n) is 4.93. The molecule has 0 saturated heterocycles. The number of hydrogen-bond acceptors (Lipinski definition) is 5. The smallest absolute Gasteiger partial charge is 0.271 e.